The van der Waals surface area contributed by atoms with Crippen molar-refractivity contribution in [2.24, 2.45) is 0 Å². The van der Waals surface area contributed by atoms with Gasteiger partial charge < -0.3 is 8.85 Å². The van der Waals surface area contributed by atoms with Crippen LogP contribution < -0.4 is 0 Å². The van der Waals surface area contributed by atoms with E-state index in [1.54, 1.807) is 0 Å². The molecule has 0 atom stereocenters. The first-order chi connectivity index (χ1) is 9.64. The molecule has 0 amide bonds. The van der Waals surface area contributed by atoms with Crippen LogP contribution in [-0.2, 0) is 8.85 Å². The van der Waals surface area contributed by atoms with E-state index in [-0.39, 0.29) is 0 Å². The first kappa shape index (κ1) is 17.1. The Morgan fingerprint density at radius 2 is 1.24 bits per heavy atom. The molecular formula is C16H33NO2Si2. The van der Waals surface area contributed by atoms with Gasteiger partial charge in [-0.05, 0) is 52.1 Å². The van der Waals surface area contributed by atoms with E-state index in [0.717, 1.165) is 32.0 Å². The molecule has 1 aliphatic carbocycles. The van der Waals surface area contributed by atoms with Crippen LogP contribution in [0.4, 0.5) is 0 Å². The zero-order chi connectivity index (χ0) is 15.7. The van der Waals surface area contributed by atoms with E-state index in [1.807, 2.05) is 0 Å². The van der Waals surface area contributed by atoms with Gasteiger partial charge in [0.15, 0.2) is 0 Å². The molecule has 0 N–H and O–H groups in total. The summed E-state index contributed by atoms with van der Waals surface area (Å²) in [5.74, 6) is 2.33. The van der Waals surface area contributed by atoms with E-state index in [2.05, 4.69) is 44.2 Å². The Labute approximate surface area is 133 Å². The van der Waals surface area contributed by atoms with Crippen molar-refractivity contribution in [1.82, 2.24) is 4.90 Å². The molecule has 0 radical (unpaired) electrons. The molecule has 3 nitrogen and oxygen atoms in total. The molecule has 2 aliphatic rings. The van der Waals surface area contributed by atoms with Gasteiger partial charge in [0.05, 0.1) is 0 Å². The molecule has 0 aromatic carbocycles. The first-order valence-electron chi connectivity index (χ1n) is 8.48. The highest BCUT2D eigenvalue weighted by atomic mass is 28.4. The van der Waals surface area contributed by atoms with Crippen molar-refractivity contribution >= 4 is 16.6 Å². The molecule has 0 aromatic heterocycles. The largest absolute Gasteiger partial charge is 0.545 e. The van der Waals surface area contributed by atoms with Crippen LogP contribution in [0.5, 0.6) is 0 Å². The van der Waals surface area contributed by atoms with Crippen molar-refractivity contribution in [2.45, 2.75) is 77.4 Å². The van der Waals surface area contributed by atoms with Gasteiger partial charge in [0.1, 0.15) is 11.5 Å². The summed E-state index contributed by atoms with van der Waals surface area (Å²) in [5.41, 5.74) is 0. The number of rotatable bonds is 5. The summed E-state index contributed by atoms with van der Waals surface area (Å²) < 4.78 is 12.8. The summed E-state index contributed by atoms with van der Waals surface area (Å²) in [6, 6.07) is 0.823. The molecule has 1 saturated carbocycles. The van der Waals surface area contributed by atoms with Crippen LogP contribution in [0.3, 0.4) is 0 Å². The van der Waals surface area contributed by atoms with Crippen molar-refractivity contribution < 1.29 is 8.85 Å². The second kappa shape index (κ2) is 6.46. The summed E-state index contributed by atoms with van der Waals surface area (Å²) in [6.07, 6.45) is 6.23. The van der Waals surface area contributed by atoms with Crippen molar-refractivity contribution in [3.8, 4) is 0 Å². The number of hydrogen-bond donors (Lipinski definition) is 0. The average Bonchev–Trinajstić information content (AvgIpc) is 2.38. The standard InChI is InChI=1S/C16H33NO2Si2/c1-20(2,3)18-15-10-12-17(14-8-7-9-14)13-11-16(15)19-21(4,5)6/h14H,7-13H2,1-6H3. The highest BCUT2D eigenvalue weighted by molar-refractivity contribution is 6.70. The summed E-state index contributed by atoms with van der Waals surface area (Å²) in [5, 5.41) is 0. The molecule has 1 aliphatic heterocycles. The molecule has 1 heterocycles. The van der Waals surface area contributed by atoms with E-state index < -0.39 is 16.6 Å². The minimum atomic E-state index is -1.57. The third-order valence-electron chi connectivity index (χ3n) is 4.01. The molecule has 21 heavy (non-hydrogen) atoms. The Bertz CT molecular complexity index is 362. The van der Waals surface area contributed by atoms with Gasteiger partial charge in [-0.15, -0.1) is 0 Å². The highest BCUT2D eigenvalue weighted by Crippen LogP contribution is 2.31. The Morgan fingerprint density at radius 1 is 0.810 bits per heavy atom. The maximum Gasteiger partial charge on any atom is 0.241 e. The number of hydrogen-bond acceptors (Lipinski definition) is 3. The van der Waals surface area contributed by atoms with Gasteiger partial charge in [-0.1, -0.05) is 6.42 Å². The van der Waals surface area contributed by atoms with Crippen LogP contribution in [-0.4, -0.2) is 40.7 Å². The molecule has 1 fully saturated rings. The Morgan fingerprint density at radius 3 is 1.52 bits per heavy atom. The van der Waals surface area contributed by atoms with Gasteiger partial charge in [0, 0.05) is 32.0 Å². The maximum atomic E-state index is 6.39. The van der Waals surface area contributed by atoms with Crippen LogP contribution in [0, 0.1) is 0 Å². The highest BCUT2D eigenvalue weighted by Gasteiger charge is 2.31. The topological polar surface area (TPSA) is 21.7 Å². The van der Waals surface area contributed by atoms with Crippen molar-refractivity contribution in [2.75, 3.05) is 13.1 Å². The summed E-state index contributed by atoms with van der Waals surface area (Å²) in [4.78, 5) is 2.66. The lowest BCUT2D eigenvalue weighted by Crippen LogP contribution is -2.41. The SMILES string of the molecule is C[Si](C)(C)OC1=C(O[Si](C)(C)C)CCN(C2CCC2)CC1. The van der Waals surface area contributed by atoms with Crippen LogP contribution in [0.25, 0.3) is 0 Å². The first-order valence-corrected chi connectivity index (χ1v) is 15.3. The van der Waals surface area contributed by atoms with Gasteiger partial charge in [0.2, 0.25) is 16.6 Å². The van der Waals surface area contributed by atoms with Crippen molar-refractivity contribution in [3.63, 3.8) is 0 Å². The Balaban J connectivity index is 2.09. The lowest BCUT2D eigenvalue weighted by molar-refractivity contribution is 0.129. The molecule has 0 bridgehead atoms. The average molecular weight is 328 g/mol. The smallest absolute Gasteiger partial charge is 0.241 e. The number of nitrogens with zero attached hydrogens (tertiary/aromatic N) is 1. The van der Waals surface area contributed by atoms with E-state index in [4.69, 9.17) is 8.85 Å². The fourth-order valence-electron chi connectivity index (χ4n) is 2.95. The minimum Gasteiger partial charge on any atom is -0.545 e. The molecule has 0 unspecified atom stereocenters. The zero-order valence-electron chi connectivity index (χ0n) is 14.8. The molecule has 122 valence electrons. The van der Waals surface area contributed by atoms with Gasteiger partial charge in [-0.25, -0.2) is 0 Å². The normalized spacial score (nSPS) is 22.8. The maximum absolute atomic E-state index is 6.39. The minimum absolute atomic E-state index is 0.823. The molecule has 2 rings (SSSR count). The molecule has 0 aromatic rings. The Kier molecular flexibility index (Phi) is 5.26. The second-order valence-electron chi connectivity index (χ2n) is 8.40. The fourth-order valence-corrected chi connectivity index (χ4v) is 4.86. The van der Waals surface area contributed by atoms with E-state index in [0.29, 0.717) is 0 Å². The second-order valence-corrected chi connectivity index (χ2v) is 17.3. The third kappa shape index (κ3) is 5.45. The molecule has 5 heteroatoms. The quantitative estimate of drug-likeness (QED) is 0.692. The van der Waals surface area contributed by atoms with E-state index in [1.165, 1.54) is 30.8 Å². The van der Waals surface area contributed by atoms with Crippen molar-refractivity contribution in [1.29, 1.82) is 0 Å². The van der Waals surface area contributed by atoms with Crippen LogP contribution in [0.2, 0.25) is 39.3 Å². The third-order valence-corrected chi connectivity index (χ3v) is 5.73. The summed E-state index contributed by atoms with van der Waals surface area (Å²) in [6.45, 7) is 15.9. The van der Waals surface area contributed by atoms with Crippen molar-refractivity contribution in [3.05, 3.63) is 11.5 Å². The monoisotopic (exact) mass is 327 g/mol. The Hall–Kier alpha value is -0.266. The predicted molar refractivity (Wildman–Crippen MR) is 94.3 cm³/mol. The van der Waals surface area contributed by atoms with Gasteiger partial charge >= 0.3 is 0 Å². The predicted octanol–water partition coefficient (Wildman–Crippen LogP) is 4.55. The van der Waals surface area contributed by atoms with E-state index >= 15 is 0 Å². The van der Waals surface area contributed by atoms with Gasteiger partial charge in [0.25, 0.3) is 0 Å². The molecular weight excluding hydrogens is 294 g/mol. The lowest BCUT2D eigenvalue weighted by Gasteiger charge is -2.36. The zero-order valence-corrected chi connectivity index (χ0v) is 16.8. The molecule has 0 spiro atoms. The summed E-state index contributed by atoms with van der Waals surface area (Å²) in [7, 11) is -3.14. The lowest BCUT2D eigenvalue weighted by atomic mass is 9.91. The van der Waals surface area contributed by atoms with E-state index in [9.17, 15) is 0 Å². The van der Waals surface area contributed by atoms with Crippen LogP contribution in [0.15, 0.2) is 11.5 Å². The van der Waals surface area contributed by atoms with Crippen LogP contribution in [0.1, 0.15) is 32.1 Å². The van der Waals surface area contributed by atoms with Gasteiger partial charge in [-0.3, -0.25) is 4.90 Å². The fraction of sp³-hybridized carbons (Fsp3) is 0.875. The summed E-state index contributed by atoms with van der Waals surface area (Å²) >= 11 is 0. The van der Waals surface area contributed by atoms with Gasteiger partial charge in [-0.2, -0.15) is 0 Å². The molecule has 0 saturated heterocycles. The van der Waals surface area contributed by atoms with Crippen LogP contribution >= 0.6 is 0 Å².